The number of hydrogen-bond acceptors (Lipinski definition) is 4. The van der Waals surface area contributed by atoms with E-state index in [9.17, 15) is 4.79 Å². The molecule has 0 saturated heterocycles. The van der Waals surface area contributed by atoms with Gasteiger partial charge in [-0.05, 0) is 78.6 Å². The molecule has 0 unspecified atom stereocenters. The van der Waals surface area contributed by atoms with Crippen molar-refractivity contribution in [2.75, 3.05) is 10.6 Å². The van der Waals surface area contributed by atoms with Crippen LogP contribution in [-0.4, -0.2) is 11.0 Å². The lowest BCUT2D eigenvalue weighted by Crippen LogP contribution is -2.19. The van der Waals surface area contributed by atoms with E-state index in [0.29, 0.717) is 11.6 Å². The number of pyridine rings is 1. The van der Waals surface area contributed by atoms with Crippen LogP contribution in [0.15, 0.2) is 48.0 Å². The molecule has 0 fully saturated rings. The number of fused-ring (bicyclic) bond motifs is 1. The summed E-state index contributed by atoms with van der Waals surface area (Å²) in [5.74, 6) is 1.22. The average molecular weight is 365 g/mol. The van der Waals surface area contributed by atoms with Gasteiger partial charge in [-0.15, -0.1) is 11.3 Å². The summed E-state index contributed by atoms with van der Waals surface area (Å²) in [4.78, 5) is 16.5. The van der Waals surface area contributed by atoms with Crippen LogP contribution in [-0.2, 0) is 12.8 Å². The fourth-order valence-electron chi connectivity index (χ4n) is 3.23. The van der Waals surface area contributed by atoms with Crippen LogP contribution in [0, 0.1) is 6.92 Å². The number of carbonyl (C=O) groups is 1. The number of nitrogens with zero attached hydrogens (tertiary/aromatic N) is 1. The number of carbonyl (C=O) groups excluding carboxylic acids is 1. The van der Waals surface area contributed by atoms with Gasteiger partial charge in [0.25, 0.3) is 0 Å². The Bertz CT molecular complexity index is 938. The normalized spacial score (nSPS) is 12.5. The number of benzene rings is 1. The third-order valence-corrected chi connectivity index (χ3v) is 5.25. The summed E-state index contributed by atoms with van der Waals surface area (Å²) >= 11 is 1.46. The van der Waals surface area contributed by atoms with Gasteiger partial charge in [0.05, 0.1) is 5.00 Å². The SMILES string of the molecule is Cc1ccc(Oc2ncccc2NC(=O)Nc2cccs2)c2c1CCC2. The molecule has 0 atom stereocenters. The summed E-state index contributed by atoms with van der Waals surface area (Å²) in [6, 6.07) is 11.0. The summed E-state index contributed by atoms with van der Waals surface area (Å²) < 4.78 is 6.09. The van der Waals surface area contributed by atoms with E-state index in [-0.39, 0.29) is 6.03 Å². The smallest absolute Gasteiger partial charge is 0.324 e. The van der Waals surface area contributed by atoms with Crippen molar-refractivity contribution in [1.82, 2.24) is 4.98 Å². The molecule has 0 radical (unpaired) electrons. The summed E-state index contributed by atoms with van der Waals surface area (Å²) in [7, 11) is 0. The van der Waals surface area contributed by atoms with E-state index in [1.54, 1.807) is 18.3 Å². The molecule has 132 valence electrons. The second-order valence-electron chi connectivity index (χ2n) is 6.21. The zero-order valence-corrected chi connectivity index (χ0v) is 15.2. The number of aromatic nitrogens is 1. The minimum absolute atomic E-state index is 0.320. The second-order valence-corrected chi connectivity index (χ2v) is 7.15. The van der Waals surface area contributed by atoms with E-state index in [2.05, 4.69) is 28.6 Å². The van der Waals surface area contributed by atoms with E-state index in [1.165, 1.54) is 28.0 Å². The van der Waals surface area contributed by atoms with Gasteiger partial charge in [0.15, 0.2) is 0 Å². The third-order valence-electron chi connectivity index (χ3n) is 4.46. The van der Waals surface area contributed by atoms with Crippen LogP contribution in [0.25, 0.3) is 0 Å². The third kappa shape index (κ3) is 3.41. The van der Waals surface area contributed by atoms with Crippen molar-refractivity contribution in [3.8, 4) is 11.6 Å². The molecule has 2 amide bonds. The lowest BCUT2D eigenvalue weighted by atomic mass is 10.0. The quantitative estimate of drug-likeness (QED) is 0.653. The first-order valence-corrected chi connectivity index (χ1v) is 9.44. The van der Waals surface area contributed by atoms with Gasteiger partial charge in [-0.2, -0.15) is 0 Å². The average Bonchev–Trinajstić information content (AvgIpc) is 3.31. The molecule has 26 heavy (non-hydrogen) atoms. The van der Waals surface area contributed by atoms with E-state index >= 15 is 0 Å². The summed E-state index contributed by atoms with van der Waals surface area (Å²) in [6.07, 6.45) is 4.91. The van der Waals surface area contributed by atoms with Crippen molar-refractivity contribution in [1.29, 1.82) is 0 Å². The van der Waals surface area contributed by atoms with Crippen molar-refractivity contribution in [3.05, 3.63) is 64.7 Å². The van der Waals surface area contributed by atoms with Crippen LogP contribution in [0.3, 0.4) is 0 Å². The van der Waals surface area contributed by atoms with Crippen molar-refractivity contribution in [3.63, 3.8) is 0 Å². The Hall–Kier alpha value is -2.86. The van der Waals surface area contributed by atoms with E-state index in [4.69, 9.17) is 4.74 Å². The zero-order chi connectivity index (χ0) is 17.9. The van der Waals surface area contributed by atoms with E-state index in [0.717, 1.165) is 30.0 Å². The van der Waals surface area contributed by atoms with Gasteiger partial charge in [0, 0.05) is 6.20 Å². The van der Waals surface area contributed by atoms with E-state index < -0.39 is 0 Å². The first-order chi connectivity index (χ1) is 12.7. The maximum absolute atomic E-state index is 12.2. The minimum Gasteiger partial charge on any atom is -0.437 e. The van der Waals surface area contributed by atoms with Crippen molar-refractivity contribution in [2.24, 2.45) is 0 Å². The molecule has 0 saturated carbocycles. The highest BCUT2D eigenvalue weighted by atomic mass is 32.1. The minimum atomic E-state index is -0.320. The lowest BCUT2D eigenvalue weighted by Gasteiger charge is -2.14. The Balaban J connectivity index is 1.55. The van der Waals surface area contributed by atoms with Crippen LogP contribution in [0.5, 0.6) is 11.6 Å². The predicted octanol–water partition coefficient (Wildman–Crippen LogP) is 5.38. The maximum Gasteiger partial charge on any atom is 0.324 e. The standard InChI is InChI=1S/C20H19N3O2S/c1-13-9-10-17(15-6-2-5-14(13)15)25-19-16(7-3-11-21-19)22-20(24)23-18-8-4-12-26-18/h3-4,7-12H,2,5-6H2,1H3,(H2,22,23,24). The molecule has 5 nitrogen and oxygen atoms in total. The molecule has 2 aromatic heterocycles. The number of nitrogens with one attached hydrogen (secondary N) is 2. The number of ether oxygens (including phenoxy) is 1. The molecule has 4 rings (SSSR count). The van der Waals surface area contributed by atoms with Crippen molar-refractivity contribution in [2.45, 2.75) is 26.2 Å². The molecule has 1 aliphatic carbocycles. The van der Waals surface area contributed by atoms with Crippen molar-refractivity contribution < 1.29 is 9.53 Å². The number of amides is 2. The molecular formula is C20H19N3O2S. The number of anilines is 2. The van der Waals surface area contributed by atoms with Gasteiger partial charge in [0.2, 0.25) is 5.88 Å². The Morgan fingerprint density at radius 1 is 1.12 bits per heavy atom. The Kier molecular flexibility index (Phi) is 4.58. The number of thiophene rings is 1. The fourth-order valence-corrected chi connectivity index (χ4v) is 3.85. The second kappa shape index (κ2) is 7.17. The molecule has 0 spiro atoms. The fraction of sp³-hybridized carbons (Fsp3) is 0.200. The molecule has 3 aromatic rings. The number of urea groups is 1. The maximum atomic E-state index is 12.2. The van der Waals surface area contributed by atoms with Gasteiger partial charge in [-0.25, -0.2) is 9.78 Å². The lowest BCUT2D eigenvalue weighted by molar-refractivity contribution is 0.262. The van der Waals surface area contributed by atoms with Crippen molar-refractivity contribution >= 4 is 28.1 Å². The molecule has 1 aromatic carbocycles. The Labute approximate surface area is 156 Å². The number of aryl methyl sites for hydroxylation is 1. The molecule has 0 bridgehead atoms. The molecule has 0 aliphatic heterocycles. The monoisotopic (exact) mass is 365 g/mol. The van der Waals surface area contributed by atoms with Gasteiger partial charge in [-0.1, -0.05) is 6.07 Å². The Morgan fingerprint density at radius 2 is 2.00 bits per heavy atom. The number of rotatable bonds is 4. The Morgan fingerprint density at radius 3 is 2.85 bits per heavy atom. The van der Waals surface area contributed by atoms with Gasteiger partial charge >= 0.3 is 6.03 Å². The van der Waals surface area contributed by atoms with Gasteiger partial charge in [0.1, 0.15) is 11.4 Å². The molecule has 6 heteroatoms. The molecule has 2 N–H and O–H groups in total. The molecule has 1 aliphatic rings. The van der Waals surface area contributed by atoms with Crippen LogP contribution in [0.4, 0.5) is 15.5 Å². The van der Waals surface area contributed by atoms with Gasteiger partial charge in [-0.3, -0.25) is 5.32 Å². The van der Waals surface area contributed by atoms with Crippen LogP contribution in [0.1, 0.15) is 23.1 Å². The van der Waals surface area contributed by atoms with E-state index in [1.807, 2.05) is 23.6 Å². The van der Waals surface area contributed by atoms with Crippen LogP contribution >= 0.6 is 11.3 Å². The van der Waals surface area contributed by atoms with Crippen LogP contribution in [0.2, 0.25) is 0 Å². The van der Waals surface area contributed by atoms with Crippen LogP contribution < -0.4 is 15.4 Å². The summed E-state index contributed by atoms with van der Waals surface area (Å²) in [5, 5.41) is 8.30. The molecule has 2 heterocycles. The zero-order valence-electron chi connectivity index (χ0n) is 14.4. The summed E-state index contributed by atoms with van der Waals surface area (Å²) in [6.45, 7) is 2.14. The highest BCUT2D eigenvalue weighted by molar-refractivity contribution is 7.14. The predicted molar refractivity (Wildman–Crippen MR) is 104 cm³/mol. The van der Waals surface area contributed by atoms with Gasteiger partial charge < -0.3 is 10.1 Å². The first kappa shape index (κ1) is 16.6. The highest BCUT2D eigenvalue weighted by Gasteiger charge is 2.19. The highest BCUT2D eigenvalue weighted by Crippen LogP contribution is 2.36. The largest absolute Gasteiger partial charge is 0.437 e. The summed E-state index contributed by atoms with van der Waals surface area (Å²) in [5.41, 5.74) is 4.47. The first-order valence-electron chi connectivity index (χ1n) is 8.56. The number of hydrogen-bond donors (Lipinski definition) is 2. The topological polar surface area (TPSA) is 63.2 Å². The molecular weight excluding hydrogens is 346 g/mol.